The first kappa shape index (κ1) is 11.5. The Morgan fingerprint density at radius 2 is 2.29 bits per heavy atom. The molecule has 0 aliphatic heterocycles. The van der Waals surface area contributed by atoms with Gasteiger partial charge in [-0.2, -0.15) is 0 Å². The van der Waals surface area contributed by atoms with Gasteiger partial charge < -0.3 is 5.43 Å². The fraction of sp³-hybridized carbons (Fsp3) is 0.100. The highest BCUT2D eigenvalue weighted by molar-refractivity contribution is 7.15. The quantitative estimate of drug-likeness (QED) is 0.564. The Hall–Kier alpha value is -1.99. The molecule has 0 aliphatic carbocycles. The molecular formula is C10H11N5OS. The number of rotatable bonds is 3. The lowest BCUT2D eigenvalue weighted by Crippen LogP contribution is -2.15. The van der Waals surface area contributed by atoms with Crippen molar-refractivity contribution in [2.24, 2.45) is 5.84 Å². The topological polar surface area (TPSA) is 92.9 Å². The second kappa shape index (κ2) is 4.89. The third-order valence-corrected chi connectivity index (χ3v) is 2.80. The van der Waals surface area contributed by atoms with Gasteiger partial charge in [0.1, 0.15) is 11.5 Å². The number of pyridine rings is 1. The van der Waals surface area contributed by atoms with Crippen LogP contribution in [0.5, 0.6) is 0 Å². The first-order valence-electron chi connectivity index (χ1n) is 4.86. The molecule has 0 unspecified atom stereocenters. The molecule has 0 aromatic carbocycles. The average molecular weight is 249 g/mol. The zero-order chi connectivity index (χ0) is 12.3. The Balaban J connectivity index is 2.14. The Labute approximate surface area is 102 Å². The summed E-state index contributed by atoms with van der Waals surface area (Å²) in [7, 11) is 0. The largest absolute Gasteiger partial charge is 0.308 e. The monoisotopic (exact) mass is 249 g/mol. The number of hydrazine groups is 1. The molecule has 88 valence electrons. The lowest BCUT2D eigenvalue weighted by Gasteiger charge is -2.03. The SMILES string of the molecule is Cc1cnc(NC(=O)c2cccc(NN)n2)s1. The molecule has 1 amide bonds. The number of nitrogens with zero attached hydrogens (tertiary/aromatic N) is 2. The van der Waals surface area contributed by atoms with E-state index in [1.807, 2.05) is 6.92 Å². The maximum Gasteiger partial charge on any atom is 0.276 e. The average Bonchev–Trinajstić information content (AvgIpc) is 2.75. The van der Waals surface area contributed by atoms with Gasteiger partial charge in [0, 0.05) is 11.1 Å². The van der Waals surface area contributed by atoms with Crippen molar-refractivity contribution in [1.29, 1.82) is 0 Å². The summed E-state index contributed by atoms with van der Waals surface area (Å²) in [5, 5.41) is 3.22. The van der Waals surface area contributed by atoms with Crippen LogP contribution in [0.4, 0.5) is 10.9 Å². The molecule has 6 nitrogen and oxygen atoms in total. The highest BCUT2D eigenvalue weighted by Gasteiger charge is 2.09. The zero-order valence-electron chi connectivity index (χ0n) is 9.10. The fourth-order valence-corrected chi connectivity index (χ4v) is 1.87. The van der Waals surface area contributed by atoms with Crippen molar-refractivity contribution in [2.45, 2.75) is 6.92 Å². The second-order valence-electron chi connectivity index (χ2n) is 3.28. The van der Waals surface area contributed by atoms with Gasteiger partial charge in [-0.25, -0.2) is 15.8 Å². The van der Waals surface area contributed by atoms with Crippen LogP contribution in [0.15, 0.2) is 24.4 Å². The third-order valence-electron chi connectivity index (χ3n) is 1.97. The molecule has 0 atom stereocenters. The van der Waals surface area contributed by atoms with Crippen molar-refractivity contribution in [3.63, 3.8) is 0 Å². The molecule has 0 saturated heterocycles. The van der Waals surface area contributed by atoms with E-state index in [1.165, 1.54) is 11.3 Å². The number of hydrogen-bond donors (Lipinski definition) is 3. The van der Waals surface area contributed by atoms with Gasteiger partial charge in [-0.3, -0.25) is 10.1 Å². The number of nitrogen functional groups attached to an aromatic ring is 1. The molecular weight excluding hydrogens is 238 g/mol. The van der Waals surface area contributed by atoms with E-state index in [4.69, 9.17) is 5.84 Å². The van der Waals surface area contributed by atoms with Crippen molar-refractivity contribution >= 4 is 28.2 Å². The summed E-state index contributed by atoms with van der Waals surface area (Å²) >= 11 is 1.41. The van der Waals surface area contributed by atoms with Gasteiger partial charge in [-0.15, -0.1) is 11.3 Å². The highest BCUT2D eigenvalue weighted by atomic mass is 32.1. The summed E-state index contributed by atoms with van der Waals surface area (Å²) < 4.78 is 0. The van der Waals surface area contributed by atoms with E-state index < -0.39 is 0 Å². The van der Waals surface area contributed by atoms with E-state index in [-0.39, 0.29) is 11.6 Å². The molecule has 4 N–H and O–H groups in total. The molecule has 0 spiro atoms. The smallest absolute Gasteiger partial charge is 0.276 e. The predicted molar refractivity (Wildman–Crippen MR) is 66.9 cm³/mol. The lowest BCUT2D eigenvalue weighted by atomic mass is 10.3. The van der Waals surface area contributed by atoms with Crippen LogP contribution in [0.3, 0.4) is 0 Å². The maximum atomic E-state index is 11.8. The maximum absolute atomic E-state index is 11.8. The Kier molecular flexibility index (Phi) is 3.31. The van der Waals surface area contributed by atoms with E-state index in [1.54, 1.807) is 24.4 Å². The molecule has 2 aromatic rings. The highest BCUT2D eigenvalue weighted by Crippen LogP contribution is 2.17. The van der Waals surface area contributed by atoms with Gasteiger partial charge in [0.05, 0.1) is 0 Å². The summed E-state index contributed by atoms with van der Waals surface area (Å²) in [5.74, 6) is 5.35. The zero-order valence-corrected chi connectivity index (χ0v) is 9.91. The van der Waals surface area contributed by atoms with Gasteiger partial charge in [0.15, 0.2) is 5.13 Å². The van der Waals surface area contributed by atoms with Crippen molar-refractivity contribution < 1.29 is 4.79 Å². The summed E-state index contributed by atoms with van der Waals surface area (Å²) in [5.41, 5.74) is 2.67. The number of hydrogen-bond acceptors (Lipinski definition) is 6. The van der Waals surface area contributed by atoms with Crippen molar-refractivity contribution in [2.75, 3.05) is 10.7 Å². The van der Waals surface area contributed by atoms with Gasteiger partial charge in [-0.05, 0) is 19.1 Å². The molecule has 0 aliphatic rings. The van der Waals surface area contributed by atoms with E-state index in [0.717, 1.165) is 4.88 Å². The number of thiazole rings is 1. The number of carbonyl (C=O) groups excluding carboxylic acids is 1. The standard InChI is InChI=1S/C10H11N5OS/c1-6-5-12-10(17-6)14-9(16)7-3-2-4-8(13-7)15-11/h2-5H,11H2,1H3,(H,13,15)(H,12,14,16). The first-order valence-corrected chi connectivity index (χ1v) is 5.68. The number of carbonyl (C=O) groups is 1. The third kappa shape index (κ3) is 2.77. The van der Waals surface area contributed by atoms with E-state index in [9.17, 15) is 4.79 Å². The van der Waals surface area contributed by atoms with Crippen LogP contribution in [0.1, 0.15) is 15.4 Å². The molecule has 0 saturated carbocycles. The van der Waals surface area contributed by atoms with Gasteiger partial charge in [-0.1, -0.05) is 6.07 Å². The van der Waals surface area contributed by atoms with Gasteiger partial charge >= 0.3 is 0 Å². The van der Waals surface area contributed by atoms with E-state index in [0.29, 0.717) is 10.9 Å². The van der Waals surface area contributed by atoms with Crippen LogP contribution in [-0.4, -0.2) is 15.9 Å². The van der Waals surface area contributed by atoms with Crippen molar-refractivity contribution in [3.8, 4) is 0 Å². The number of nitrogens with two attached hydrogens (primary N) is 1. The Morgan fingerprint density at radius 1 is 1.47 bits per heavy atom. The molecule has 7 heteroatoms. The predicted octanol–water partition coefficient (Wildman–Crippen LogP) is 1.38. The van der Waals surface area contributed by atoms with Crippen LogP contribution < -0.4 is 16.6 Å². The first-order chi connectivity index (χ1) is 8.19. The van der Waals surface area contributed by atoms with Crippen molar-refractivity contribution in [3.05, 3.63) is 35.0 Å². The number of amides is 1. The summed E-state index contributed by atoms with van der Waals surface area (Å²) in [6.07, 6.45) is 1.70. The minimum absolute atomic E-state index is 0.285. The van der Waals surface area contributed by atoms with E-state index >= 15 is 0 Å². The van der Waals surface area contributed by atoms with Gasteiger partial charge in [0.25, 0.3) is 5.91 Å². The minimum atomic E-state index is -0.309. The minimum Gasteiger partial charge on any atom is -0.308 e. The Morgan fingerprint density at radius 3 is 2.94 bits per heavy atom. The summed E-state index contributed by atoms with van der Waals surface area (Å²) in [6.45, 7) is 1.92. The fourth-order valence-electron chi connectivity index (χ4n) is 1.22. The van der Waals surface area contributed by atoms with Gasteiger partial charge in [0.2, 0.25) is 0 Å². The molecule has 17 heavy (non-hydrogen) atoms. The van der Waals surface area contributed by atoms with Crippen LogP contribution >= 0.6 is 11.3 Å². The normalized spacial score (nSPS) is 10.0. The molecule has 0 bridgehead atoms. The Bertz CT molecular complexity index is 539. The van der Waals surface area contributed by atoms with Crippen LogP contribution in [0, 0.1) is 6.92 Å². The number of aryl methyl sites for hydroxylation is 1. The number of nitrogens with one attached hydrogen (secondary N) is 2. The molecule has 0 fully saturated rings. The molecule has 2 rings (SSSR count). The van der Waals surface area contributed by atoms with Crippen LogP contribution in [-0.2, 0) is 0 Å². The van der Waals surface area contributed by atoms with Crippen LogP contribution in [0.2, 0.25) is 0 Å². The van der Waals surface area contributed by atoms with E-state index in [2.05, 4.69) is 20.7 Å². The summed E-state index contributed by atoms with van der Waals surface area (Å²) in [6, 6.07) is 4.98. The lowest BCUT2D eigenvalue weighted by molar-refractivity contribution is 0.102. The number of aromatic nitrogens is 2. The van der Waals surface area contributed by atoms with Crippen LogP contribution in [0.25, 0.3) is 0 Å². The number of anilines is 2. The second-order valence-corrected chi connectivity index (χ2v) is 4.52. The summed E-state index contributed by atoms with van der Waals surface area (Å²) in [4.78, 5) is 20.9. The molecule has 0 radical (unpaired) electrons. The molecule has 2 aromatic heterocycles. The molecule has 2 heterocycles. The van der Waals surface area contributed by atoms with Crippen molar-refractivity contribution in [1.82, 2.24) is 9.97 Å².